The lowest BCUT2D eigenvalue weighted by Crippen LogP contribution is -2.42. The average Bonchev–Trinajstić information content (AvgIpc) is 3.37. The lowest BCUT2D eigenvalue weighted by molar-refractivity contribution is -0.149. The number of nitrogens with zero attached hydrogens (tertiary/aromatic N) is 3. The summed E-state index contributed by atoms with van der Waals surface area (Å²) in [6.07, 6.45) is 6.08. The predicted molar refractivity (Wildman–Crippen MR) is 99.5 cm³/mol. The molecule has 0 spiro atoms. The summed E-state index contributed by atoms with van der Waals surface area (Å²) < 4.78 is 1.77. The minimum atomic E-state index is -0.764. The third kappa shape index (κ3) is 3.07. The zero-order valence-electron chi connectivity index (χ0n) is 15.3. The van der Waals surface area contributed by atoms with Crippen LogP contribution in [0.1, 0.15) is 37.8 Å². The Hall–Kier alpha value is -2.83. The fourth-order valence-corrected chi connectivity index (χ4v) is 4.51. The predicted octanol–water partition coefficient (Wildman–Crippen LogP) is 2.83. The second kappa shape index (κ2) is 6.72. The molecule has 2 N–H and O–H groups in total. The van der Waals surface area contributed by atoms with Gasteiger partial charge in [-0.05, 0) is 49.4 Å². The Balaban J connectivity index is 1.45. The van der Waals surface area contributed by atoms with Gasteiger partial charge in [-0.1, -0.05) is 18.6 Å². The van der Waals surface area contributed by atoms with Crippen LogP contribution in [0.4, 0.5) is 4.79 Å². The molecule has 1 aromatic heterocycles. The summed E-state index contributed by atoms with van der Waals surface area (Å²) in [5, 5.41) is 16.9. The summed E-state index contributed by atoms with van der Waals surface area (Å²) in [6, 6.07) is 9.35. The second-order valence-electron chi connectivity index (χ2n) is 7.65. The average molecular weight is 368 g/mol. The fraction of sp³-hybridized carbons (Fsp3) is 0.450. The van der Waals surface area contributed by atoms with Crippen LogP contribution in [0.15, 0.2) is 42.7 Å². The molecule has 2 amide bonds. The van der Waals surface area contributed by atoms with E-state index in [9.17, 15) is 14.7 Å². The molecule has 2 fully saturated rings. The third-order valence-electron chi connectivity index (χ3n) is 6.06. The molecule has 1 aliphatic carbocycles. The first kappa shape index (κ1) is 17.6. The monoisotopic (exact) mass is 368 g/mol. The maximum atomic E-state index is 12.7. The number of carboxylic acid groups (broad SMARTS) is 1. The molecule has 142 valence electrons. The zero-order valence-corrected chi connectivity index (χ0v) is 15.3. The molecule has 1 unspecified atom stereocenters. The minimum Gasteiger partial charge on any atom is -0.481 e. The highest BCUT2D eigenvalue weighted by atomic mass is 16.4. The molecule has 1 saturated carbocycles. The SMILES string of the molecule is CC(NC(=O)N1C[C@@H]2CCC[C@@]2(C(=O)O)C1)c1cccc(-n2cccn2)c1. The van der Waals surface area contributed by atoms with E-state index in [1.165, 1.54) is 0 Å². The lowest BCUT2D eigenvalue weighted by Gasteiger charge is -2.24. The summed E-state index contributed by atoms with van der Waals surface area (Å²) in [5.41, 5.74) is 1.16. The fourth-order valence-electron chi connectivity index (χ4n) is 4.51. The van der Waals surface area contributed by atoms with Crippen LogP contribution in [0.2, 0.25) is 0 Å². The maximum absolute atomic E-state index is 12.7. The largest absolute Gasteiger partial charge is 0.481 e. The first-order valence-electron chi connectivity index (χ1n) is 9.38. The van der Waals surface area contributed by atoms with Gasteiger partial charge in [-0.15, -0.1) is 0 Å². The summed E-state index contributed by atoms with van der Waals surface area (Å²) in [6.45, 7) is 2.76. The summed E-state index contributed by atoms with van der Waals surface area (Å²) in [7, 11) is 0. The highest BCUT2D eigenvalue weighted by molar-refractivity contribution is 5.80. The van der Waals surface area contributed by atoms with Crippen LogP contribution in [-0.2, 0) is 4.79 Å². The van der Waals surface area contributed by atoms with Gasteiger partial charge in [-0.2, -0.15) is 5.10 Å². The van der Waals surface area contributed by atoms with E-state index in [-0.39, 0.29) is 18.0 Å². The van der Waals surface area contributed by atoms with Gasteiger partial charge in [0.05, 0.1) is 17.1 Å². The van der Waals surface area contributed by atoms with Crippen LogP contribution in [-0.4, -0.2) is 44.9 Å². The number of amides is 2. The summed E-state index contributed by atoms with van der Waals surface area (Å²) >= 11 is 0. The highest BCUT2D eigenvalue weighted by Gasteiger charge is 2.55. The Morgan fingerprint density at radius 3 is 2.93 bits per heavy atom. The van der Waals surface area contributed by atoms with Crippen LogP contribution in [0.3, 0.4) is 0 Å². The van der Waals surface area contributed by atoms with Crippen molar-refractivity contribution in [3.05, 3.63) is 48.3 Å². The Kier molecular flexibility index (Phi) is 4.37. The highest BCUT2D eigenvalue weighted by Crippen LogP contribution is 2.48. The van der Waals surface area contributed by atoms with Crippen molar-refractivity contribution in [3.63, 3.8) is 0 Å². The standard InChI is InChI=1S/C20H24N4O3/c1-14(15-5-2-7-17(11-15)24-10-4-9-21-24)22-19(27)23-12-16-6-3-8-20(16,13-23)18(25)26/h2,4-5,7,9-11,14,16H,3,6,8,12-13H2,1H3,(H,22,27)(H,25,26)/t14?,16-,20+/m0/s1. The van der Waals surface area contributed by atoms with Gasteiger partial charge in [0.25, 0.3) is 0 Å². The summed E-state index contributed by atoms with van der Waals surface area (Å²) in [5.74, 6) is -0.695. The molecule has 1 aliphatic heterocycles. The first-order chi connectivity index (χ1) is 13.0. The number of rotatable bonds is 4. The van der Waals surface area contributed by atoms with Crippen molar-refractivity contribution < 1.29 is 14.7 Å². The Morgan fingerprint density at radius 2 is 2.22 bits per heavy atom. The third-order valence-corrected chi connectivity index (χ3v) is 6.06. The number of carboxylic acids is 1. The normalized spacial score (nSPS) is 25.2. The molecule has 4 rings (SSSR count). The number of hydrogen-bond acceptors (Lipinski definition) is 3. The molecule has 2 aliphatic rings. The molecular weight excluding hydrogens is 344 g/mol. The van der Waals surface area contributed by atoms with E-state index in [4.69, 9.17) is 0 Å². The van der Waals surface area contributed by atoms with Gasteiger partial charge in [0, 0.05) is 25.5 Å². The minimum absolute atomic E-state index is 0.0687. The van der Waals surface area contributed by atoms with Crippen molar-refractivity contribution in [1.82, 2.24) is 20.0 Å². The number of benzene rings is 1. The van der Waals surface area contributed by atoms with Crippen molar-refractivity contribution in [2.45, 2.75) is 32.2 Å². The number of aromatic nitrogens is 2. The molecule has 7 nitrogen and oxygen atoms in total. The van der Waals surface area contributed by atoms with Crippen LogP contribution in [0, 0.1) is 11.3 Å². The van der Waals surface area contributed by atoms with E-state index in [1.807, 2.05) is 43.5 Å². The van der Waals surface area contributed by atoms with Gasteiger partial charge >= 0.3 is 12.0 Å². The van der Waals surface area contributed by atoms with Gasteiger partial charge in [-0.3, -0.25) is 4.79 Å². The number of fused-ring (bicyclic) bond motifs is 1. The summed E-state index contributed by atoms with van der Waals surface area (Å²) in [4.78, 5) is 26.2. The van der Waals surface area contributed by atoms with Gasteiger partial charge in [0.15, 0.2) is 0 Å². The molecule has 1 saturated heterocycles. The van der Waals surface area contributed by atoms with Crippen LogP contribution in [0.5, 0.6) is 0 Å². The van der Waals surface area contributed by atoms with E-state index >= 15 is 0 Å². The second-order valence-corrected chi connectivity index (χ2v) is 7.65. The van der Waals surface area contributed by atoms with E-state index in [0.717, 1.165) is 24.1 Å². The number of urea groups is 1. The first-order valence-corrected chi connectivity index (χ1v) is 9.38. The Labute approximate surface area is 158 Å². The quantitative estimate of drug-likeness (QED) is 0.869. The van der Waals surface area contributed by atoms with Crippen molar-refractivity contribution >= 4 is 12.0 Å². The molecule has 1 aromatic carbocycles. The van der Waals surface area contributed by atoms with Gasteiger partial charge in [0.1, 0.15) is 0 Å². The Bertz CT molecular complexity index is 851. The number of nitrogens with one attached hydrogen (secondary N) is 1. The van der Waals surface area contributed by atoms with E-state index in [2.05, 4.69) is 10.4 Å². The number of carbonyl (C=O) groups excluding carboxylic acids is 1. The number of aliphatic carboxylic acids is 1. The van der Waals surface area contributed by atoms with Crippen LogP contribution >= 0.6 is 0 Å². The topological polar surface area (TPSA) is 87.5 Å². The van der Waals surface area contributed by atoms with Gasteiger partial charge < -0.3 is 15.3 Å². The molecule has 27 heavy (non-hydrogen) atoms. The van der Waals surface area contributed by atoms with E-state index < -0.39 is 11.4 Å². The van der Waals surface area contributed by atoms with E-state index in [1.54, 1.807) is 15.8 Å². The molecule has 3 atom stereocenters. The number of hydrogen-bond donors (Lipinski definition) is 2. The number of carbonyl (C=O) groups is 2. The molecule has 0 bridgehead atoms. The van der Waals surface area contributed by atoms with Gasteiger partial charge in [0.2, 0.25) is 0 Å². The molecular formula is C20H24N4O3. The van der Waals surface area contributed by atoms with Crippen LogP contribution in [0.25, 0.3) is 5.69 Å². The van der Waals surface area contributed by atoms with Crippen molar-refractivity contribution in [1.29, 1.82) is 0 Å². The van der Waals surface area contributed by atoms with Crippen molar-refractivity contribution in [2.75, 3.05) is 13.1 Å². The smallest absolute Gasteiger partial charge is 0.317 e. The van der Waals surface area contributed by atoms with Crippen molar-refractivity contribution in [2.24, 2.45) is 11.3 Å². The molecule has 7 heteroatoms. The molecule has 2 aromatic rings. The maximum Gasteiger partial charge on any atom is 0.317 e. The lowest BCUT2D eigenvalue weighted by atomic mass is 9.81. The number of likely N-dealkylation sites (tertiary alicyclic amines) is 1. The molecule has 2 heterocycles. The van der Waals surface area contributed by atoms with Crippen LogP contribution < -0.4 is 5.32 Å². The zero-order chi connectivity index (χ0) is 19.0. The van der Waals surface area contributed by atoms with Gasteiger partial charge in [-0.25, -0.2) is 9.48 Å². The Morgan fingerprint density at radius 1 is 1.37 bits per heavy atom. The molecule has 0 radical (unpaired) electrons. The van der Waals surface area contributed by atoms with Crippen molar-refractivity contribution in [3.8, 4) is 5.69 Å². The van der Waals surface area contributed by atoms with E-state index in [0.29, 0.717) is 19.5 Å².